The van der Waals surface area contributed by atoms with Crippen molar-refractivity contribution in [2.75, 3.05) is 12.4 Å². The van der Waals surface area contributed by atoms with Crippen molar-refractivity contribution in [2.24, 2.45) is 0 Å². The third-order valence-electron chi connectivity index (χ3n) is 3.62. The number of carbonyl (C=O) groups is 1. The zero-order valence-electron chi connectivity index (χ0n) is 13.5. The van der Waals surface area contributed by atoms with Crippen LogP contribution >= 0.6 is 0 Å². The lowest BCUT2D eigenvalue weighted by Gasteiger charge is -2.16. The molecule has 23 heavy (non-hydrogen) atoms. The van der Waals surface area contributed by atoms with Crippen LogP contribution in [-0.4, -0.2) is 13.0 Å². The Balaban J connectivity index is 2.35. The van der Waals surface area contributed by atoms with Crippen molar-refractivity contribution in [3.63, 3.8) is 0 Å². The molecule has 1 N–H and O–H groups in total. The summed E-state index contributed by atoms with van der Waals surface area (Å²) in [6.45, 7) is 5.81. The summed E-state index contributed by atoms with van der Waals surface area (Å²) in [7, 11) is 1.59. The molecule has 5 heteroatoms. The van der Waals surface area contributed by atoms with Gasteiger partial charge in [0.05, 0.1) is 7.11 Å². The van der Waals surface area contributed by atoms with E-state index in [-0.39, 0.29) is 17.5 Å². The number of hydrogen-bond acceptors (Lipinski definition) is 2. The molecule has 0 unspecified atom stereocenters. The van der Waals surface area contributed by atoms with Gasteiger partial charge in [-0.05, 0) is 48.2 Å². The highest BCUT2D eigenvalue weighted by Crippen LogP contribution is 2.30. The van der Waals surface area contributed by atoms with E-state index < -0.39 is 11.6 Å². The Labute approximate surface area is 134 Å². The first-order chi connectivity index (χ1) is 10.8. The molecule has 0 heterocycles. The average Bonchev–Trinajstić information content (AvgIpc) is 2.50. The summed E-state index contributed by atoms with van der Waals surface area (Å²) in [5.41, 5.74) is 2.33. The monoisotopic (exact) mass is 319 g/mol. The maximum Gasteiger partial charge on any atom is 0.255 e. The van der Waals surface area contributed by atoms with Gasteiger partial charge in [0.2, 0.25) is 0 Å². The Morgan fingerprint density at radius 3 is 2.39 bits per heavy atom. The molecule has 0 aliphatic carbocycles. The zero-order valence-corrected chi connectivity index (χ0v) is 13.5. The summed E-state index contributed by atoms with van der Waals surface area (Å²) in [6, 6.07) is 6.82. The molecule has 1 amide bonds. The fourth-order valence-electron chi connectivity index (χ4n) is 2.34. The number of methoxy groups -OCH3 is 1. The molecule has 0 aromatic heterocycles. The largest absolute Gasteiger partial charge is 0.496 e. The predicted octanol–water partition coefficient (Wildman–Crippen LogP) is 4.66. The van der Waals surface area contributed by atoms with Crippen molar-refractivity contribution in [1.29, 1.82) is 0 Å². The highest BCUT2D eigenvalue weighted by atomic mass is 19.2. The van der Waals surface area contributed by atoms with Gasteiger partial charge >= 0.3 is 0 Å². The maximum atomic E-state index is 13.2. The SMILES string of the molecule is COc1cc(C)c(C(=O)Nc2ccc(F)c(F)c2)cc1C(C)C. The summed E-state index contributed by atoms with van der Waals surface area (Å²) >= 11 is 0. The first-order valence-corrected chi connectivity index (χ1v) is 7.28. The van der Waals surface area contributed by atoms with Crippen LogP contribution in [0.4, 0.5) is 14.5 Å². The Morgan fingerprint density at radius 2 is 1.83 bits per heavy atom. The van der Waals surface area contributed by atoms with Crippen molar-refractivity contribution < 1.29 is 18.3 Å². The lowest BCUT2D eigenvalue weighted by Crippen LogP contribution is -2.14. The minimum Gasteiger partial charge on any atom is -0.496 e. The minimum atomic E-state index is -1.00. The number of nitrogens with one attached hydrogen (secondary N) is 1. The molecule has 0 atom stereocenters. The number of rotatable bonds is 4. The van der Waals surface area contributed by atoms with E-state index in [0.717, 1.165) is 29.0 Å². The molecule has 0 saturated heterocycles. The van der Waals surface area contributed by atoms with Crippen LogP contribution in [0.5, 0.6) is 5.75 Å². The number of hydrogen-bond donors (Lipinski definition) is 1. The highest BCUT2D eigenvalue weighted by Gasteiger charge is 2.16. The van der Waals surface area contributed by atoms with E-state index in [9.17, 15) is 13.6 Å². The molecule has 0 radical (unpaired) electrons. The molecule has 0 saturated carbocycles. The van der Waals surface area contributed by atoms with E-state index in [1.54, 1.807) is 26.2 Å². The molecule has 2 aromatic rings. The van der Waals surface area contributed by atoms with E-state index >= 15 is 0 Å². The second-order valence-electron chi connectivity index (χ2n) is 5.65. The summed E-state index contributed by atoms with van der Waals surface area (Å²) in [5, 5.41) is 2.58. The summed E-state index contributed by atoms with van der Waals surface area (Å²) in [6.07, 6.45) is 0. The number of halogens is 2. The zero-order chi connectivity index (χ0) is 17.1. The van der Waals surface area contributed by atoms with Crippen LogP contribution in [0.25, 0.3) is 0 Å². The maximum absolute atomic E-state index is 13.2. The van der Waals surface area contributed by atoms with Crippen LogP contribution in [0.3, 0.4) is 0 Å². The number of anilines is 1. The number of aryl methyl sites for hydroxylation is 1. The fourth-order valence-corrected chi connectivity index (χ4v) is 2.34. The van der Waals surface area contributed by atoms with E-state index in [1.807, 2.05) is 13.8 Å². The second kappa shape index (κ2) is 6.77. The van der Waals surface area contributed by atoms with Gasteiger partial charge in [0.1, 0.15) is 5.75 Å². The topological polar surface area (TPSA) is 38.3 Å². The molecule has 2 aromatic carbocycles. The minimum absolute atomic E-state index is 0.181. The van der Waals surface area contributed by atoms with Crippen LogP contribution in [0.15, 0.2) is 30.3 Å². The molecule has 122 valence electrons. The summed E-state index contributed by atoms with van der Waals surface area (Å²) in [4.78, 5) is 12.4. The lowest BCUT2D eigenvalue weighted by molar-refractivity contribution is 0.102. The molecule has 0 aliphatic heterocycles. The molecule has 0 bridgehead atoms. The molecule has 2 rings (SSSR count). The molecular formula is C18H19F2NO2. The van der Waals surface area contributed by atoms with Crippen LogP contribution in [0, 0.1) is 18.6 Å². The molecular weight excluding hydrogens is 300 g/mol. The van der Waals surface area contributed by atoms with Gasteiger partial charge in [-0.15, -0.1) is 0 Å². The van der Waals surface area contributed by atoms with Gasteiger partial charge < -0.3 is 10.1 Å². The number of amides is 1. The van der Waals surface area contributed by atoms with Crippen molar-refractivity contribution in [2.45, 2.75) is 26.7 Å². The van der Waals surface area contributed by atoms with E-state index in [0.29, 0.717) is 5.56 Å². The fraction of sp³-hybridized carbons (Fsp3) is 0.278. The summed E-state index contributed by atoms with van der Waals surface area (Å²) < 4.78 is 31.5. The molecule has 0 spiro atoms. The average molecular weight is 319 g/mol. The number of ether oxygens (including phenoxy) is 1. The van der Waals surface area contributed by atoms with Crippen molar-refractivity contribution in [3.05, 3.63) is 58.7 Å². The Morgan fingerprint density at radius 1 is 1.13 bits per heavy atom. The third-order valence-corrected chi connectivity index (χ3v) is 3.62. The third kappa shape index (κ3) is 3.67. The van der Waals surface area contributed by atoms with Crippen LogP contribution in [0.2, 0.25) is 0 Å². The standard InChI is InChI=1S/C18H19F2NO2/c1-10(2)13-9-14(11(3)7-17(13)23-4)18(22)21-12-5-6-15(19)16(20)8-12/h5-10H,1-4H3,(H,21,22). The van der Waals surface area contributed by atoms with Gasteiger partial charge in [0.25, 0.3) is 5.91 Å². The number of carbonyl (C=O) groups excluding carboxylic acids is 1. The molecule has 0 aliphatic rings. The van der Waals surface area contributed by atoms with Crippen molar-refractivity contribution in [3.8, 4) is 5.75 Å². The number of benzene rings is 2. The normalized spacial score (nSPS) is 10.7. The van der Waals surface area contributed by atoms with Crippen LogP contribution < -0.4 is 10.1 Å². The van der Waals surface area contributed by atoms with Gasteiger partial charge in [0.15, 0.2) is 11.6 Å². The van der Waals surface area contributed by atoms with E-state index in [4.69, 9.17) is 4.74 Å². The first kappa shape index (κ1) is 16.9. The van der Waals surface area contributed by atoms with Crippen molar-refractivity contribution in [1.82, 2.24) is 0 Å². The van der Waals surface area contributed by atoms with Gasteiger partial charge in [-0.2, -0.15) is 0 Å². The molecule has 0 fully saturated rings. The quantitative estimate of drug-likeness (QED) is 0.890. The van der Waals surface area contributed by atoms with Gasteiger partial charge in [-0.3, -0.25) is 4.79 Å². The lowest BCUT2D eigenvalue weighted by atomic mass is 9.96. The van der Waals surface area contributed by atoms with Gasteiger partial charge in [-0.25, -0.2) is 8.78 Å². The predicted molar refractivity (Wildman–Crippen MR) is 86.1 cm³/mol. The first-order valence-electron chi connectivity index (χ1n) is 7.28. The smallest absolute Gasteiger partial charge is 0.255 e. The Kier molecular flexibility index (Phi) is 4.98. The Hall–Kier alpha value is -2.43. The van der Waals surface area contributed by atoms with E-state index in [2.05, 4.69) is 5.32 Å². The van der Waals surface area contributed by atoms with Crippen LogP contribution in [0.1, 0.15) is 41.3 Å². The van der Waals surface area contributed by atoms with Crippen molar-refractivity contribution >= 4 is 11.6 Å². The Bertz CT molecular complexity index is 742. The second-order valence-corrected chi connectivity index (χ2v) is 5.65. The molecule has 3 nitrogen and oxygen atoms in total. The van der Waals surface area contributed by atoms with Crippen LogP contribution in [-0.2, 0) is 0 Å². The van der Waals surface area contributed by atoms with E-state index in [1.165, 1.54) is 6.07 Å². The van der Waals surface area contributed by atoms with Gasteiger partial charge in [-0.1, -0.05) is 13.8 Å². The summed E-state index contributed by atoms with van der Waals surface area (Å²) in [5.74, 6) is -1.43. The van der Waals surface area contributed by atoms with Gasteiger partial charge in [0, 0.05) is 17.3 Å². The highest BCUT2D eigenvalue weighted by molar-refractivity contribution is 6.05.